The van der Waals surface area contributed by atoms with Gasteiger partial charge in [-0.2, -0.15) is 0 Å². The van der Waals surface area contributed by atoms with Gasteiger partial charge >= 0.3 is 0 Å². The standard InChI is InChI=1S/C21H18F2N4O/c22-15-7-8-17(23)16(10-15)19-20(28-12-24-19)14-6-9-18-25-26-21(27(18)11-14)13-4-2-1-3-5-13/h6-13H,1-5H2. The van der Waals surface area contributed by atoms with Crippen molar-refractivity contribution < 1.29 is 13.2 Å². The fourth-order valence-electron chi connectivity index (χ4n) is 4.00. The molecule has 0 spiro atoms. The average molecular weight is 380 g/mol. The second-order valence-corrected chi connectivity index (χ2v) is 7.19. The molecule has 0 radical (unpaired) electrons. The lowest BCUT2D eigenvalue weighted by molar-refractivity contribution is 0.426. The Morgan fingerprint density at radius 2 is 1.86 bits per heavy atom. The Hall–Kier alpha value is -3.09. The van der Waals surface area contributed by atoms with E-state index in [0.29, 0.717) is 17.2 Å². The predicted molar refractivity (Wildman–Crippen MR) is 99.7 cm³/mol. The summed E-state index contributed by atoms with van der Waals surface area (Å²) in [6.07, 6.45) is 9.00. The number of nitrogens with zero attached hydrogens (tertiary/aromatic N) is 4. The monoisotopic (exact) mass is 380 g/mol. The third-order valence-corrected chi connectivity index (χ3v) is 5.41. The summed E-state index contributed by atoms with van der Waals surface area (Å²) >= 11 is 0. The van der Waals surface area contributed by atoms with Crippen molar-refractivity contribution in [2.24, 2.45) is 0 Å². The highest BCUT2D eigenvalue weighted by molar-refractivity contribution is 5.77. The van der Waals surface area contributed by atoms with Crippen LogP contribution in [-0.2, 0) is 0 Å². The molecule has 3 aromatic heterocycles. The molecule has 1 saturated carbocycles. The van der Waals surface area contributed by atoms with E-state index in [1.165, 1.54) is 25.7 Å². The molecular formula is C21H18F2N4O. The third kappa shape index (κ3) is 2.87. The van der Waals surface area contributed by atoms with Gasteiger partial charge in [0.25, 0.3) is 0 Å². The van der Waals surface area contributed by atoms with Crippen molar-refractivity contribution in [2.45, 2.75) is 38.0 Å². The average Bonchev–Trinajstić information content (AvgIpc) is 3.37. The summed E-state index contributed by atoms with van der Waals surface area (Å²) in [5.41, 5.74) is 1.80. The molecule has 0 amide bonds. The molecule has 0 aliphatic heterocycles. The van der Waals surface area contributed by atoms with Crippen LogP contribution in [0.1, 0.15) is 43.8 Å². The predicted octanol–water partition coefficient (Wildman–Crippen LogP) is 5.38. The number of fused-ring (bicyclic) bond motifs is 1. The molecule has 3 heterocycles. The van der Waals surface area contributed by atoms with Gasteiger partial charge in [-0.15, -0.1) is 10.2 Å². The van der Waals surface area contributed by atoms with Crippen LogP contribution in [0.25, 0.3) is 28.2 Å². The van der Waals surface area contributed by atoms with Crippen LogP contribution >= 0.6 is 0 Å². The molecule has 0 bridgehead atoms. The van der Waals surface area contributed by atoms with Gasteiger partial charge in [0.15, 0.2) is 17.8 Å². The Morgan fingerprint density at radius 1 is 1.00 bits per heavy atom. The van der Waals surface area contributed by atoms with Crippen LogP contribution < -0.4 is 0 Å². The van der Waals surface area contributed by atoms with Crippen molar-refractivity contribution in [1.29, 1.82) is 0 Å². The summed E-state index contributed by atoms with van der Waals surface area (Å²) < 4.78 is 35.4. The van der Waals surface area contributed by atoms with Crippen LogP contribution in [-0.4, -0.2) is 19.6 Å². The normalized spacial score (nSPS) is 15.4. The van der Waals surface area contributed by atoms with Gasteiger partial charge in [0.05, 0.1) is 0 Å². The molecule has 0 unspecified atom stereocenters. The Labute approximate surface area is 160 Å². The van der Waals surface area contributed by atoms with Crippen molar-refractivity contribution in [3.05, 3.63) is 60.4 Å². The summed E-state index contributed by atoms with van der Waals surface area (Å²) in [5, 5.41) is 8.68. The van der Waals surface area contributed by atoms with E-state index in [1.54, 1.807) is 0 Å². The number of hydrogen-bond acceptors (Lipinski definition) is 4. The van der Waals surface area contributed by atoms with Crippen LogP contribution in [0.5, 0.6) is 0 Å². The smallest absolute Gasteiger partial charge is 0.182 e. The van der Waals surface area contributed by atoms with Crippen molar-refractivity contribution in [2.75, 3.05) is 0 Å². The molecule has 0 N–H and O–H groups in total. The van der Waals surface area contributed by atoms with E-state index in [9.17, 15) is 8.78 Å². The molecule has 142 valence electrons. The Morgan fingerprint density at radius 3 is 2.71 bits per heavy atom. The second-order valence-electron chi connectivity index (χ2n) is 7.19. The lowest BCUT2D eigenvalue weighted by Gasteiger charge is -2.19. The summed E-state index contributed by atoms with van der Waals surface area (Å²) in [5.74, 6) is 0.627. The van der Waals surface area contributed by atoms with Gasteiger partial charge in [0.2, 0.25) is 0 Å². The van der Waals surface area contributed by atoms with Gasteiger partial charge in [-0.1, -0.05) is 19.3 Å². The SMILES string of the molecule is Fc1ccc(F)c(-c2ncoc2-c2ccc3nnc(C4CCCCC4)n3c2)c1. The van der Waals surface area contributed by atoms with Crippen LogP contribution in [0.3, 0.4) is 0 Å². The Balaban J connectivity index is 1.61. The van der Waals surface area contributed by atoms with Crippen molar-refractivity contribution >= 4 is 5.65 Å². The minimum Gasteiger partial charge on any atom is -0.443 e. The molecule has 4 aromatic rings. The summed E-state index contributed by atoms with van der Waals surface area (Å²) in [6, 6.07) is 6.98. The maximum absolute atomic E-state index is 14.3. The van der Waals surface area contributed by atoms with Crippen LogP contribution in [0.4, 0.5) is 8.78 Å². The molecule has 1 aliphatic carbocycles. The molecule has 5 nitrogen and oxygen atoms in total. The lowest BCUT2D eigenvalue weighted by atomic mass is 9.89. The van der Waals surface area contributed by atoms with Crippen molar-refractivity contribution in [3.63, 3.8) is 0 Å². The van der Waals surface area contributed by atoms with E-state index < -0.39 is 11.6 Å². The van der Waals surface area contributed by atoms with E-state index in [0.717, 1.165) is 42.5 Å². The summed E-state index contributed by atoms with van der Waals surface area (Å²) in [6.45, 7) is 0. The van der Waals surface area contributed by atoms with E-state index in [4.69, 9.17) is 4.42 Å². The summed E-state index contributed by atoms with van der Waals surface area (Å²) in [4.78, 5) is 4.13. The first-order valence-corrected chi connectivity index (χ1v) is 9.44. The molecule has 1 fully saturated rings. The number of benzene rings is 1. The molecule has 1 aliphatic rings. The fourth-order valence-corrected chi connectivity index (χ4v) is 4.00. The molecule has 0 saturated heterocycles. The number of pyridine rings is 1. The number of hydrogen-bond donors (Lipinski definition) is 0. The number of oxazole rings is 1. The van der Waals surface area contributed by atoms with Gasteiger partial charge in [0.1, 0.15) is 23.2 Å². The van der Waals surface area contributed by atoms with Gasteiger partial charge < -0.3 is 4.42 Å². The zero-order chi connectivity index (χ0) is 19.1. The van der Waals surface area contributed by atoms with E-state index in [2.05, 4.69) is 15.2 Å². The van der Waals surface area contributed by atoms with E-state index in [1.807, 2.05) is 22.7 Å². The molecular weight excluding hydrogens is 362 g/mol. The van der Waals surface area contributed by atoms with Gasteiger partial charge in [-0.3, -0.25) is 4.40 Å². The fraction of sp³-hybridized carbons (Fsp3) is 0.286. The molecule has 0 atom stereocenters. The quantitative estimate of drug-likeness (QED) is 0.479. The van der Waals surface area contributed by atoms with Gasteiger partial charge in [-0.25, -0.2) is 13.8 Å². The third-order valence-electron chi connectivity index (χ3n) is 5.41. The minimum atomic E-state index is -0.551. The second kappa shape index (κ2) is 6.82. The topological polar surface area (TPSA) is 56.2 Å². The van der Waals surface area contributed by atoms with Gasteiger partial charge in [0, 0.05) is 23.2 Å². The maximum Gasteiger partial charge on any atom is 0.182 e. The minimum absolute atomic E-state index is 0.0695. The van der Waals surface area contributed by atoms with Crippen LogP contribution in [0.2, 0.25) is 0 Å². The molecule has 1 aromatic carbocycles. The highest BCUT2D eigenvalue weighted by atomic mass is 19.1. The van der Waals surface area contributed by atoms with Crippen molar-refractivity contribution in [3.8, 4) is 22.6 Å². The molecule has 5 rings (SSSR count). The number of halogens is 2. The molecule has 28 heavy (non-hydrogen) atoms. The first kappa shape index (κ1) is 17.0. The van der Waals surface area contributed by atoms with Crippen LogP contribution in [0.15, 0.2) is 47.3 Å². The first-order chi connectivity index (χ1) is 13.7. The van der Waals surface area contributed by atoms with E-state index >= 15 is 0 Å². The van der Waals surface area contributed by atoms with Crippen molar-refractivity contribution in [1.82, 2.24) is 19.6 Å². The highest BCUT2D eigenvalue weighted by Gasteiger charge is 2.22. The lowest BCUT2D eigenvalue weighted by Crippen LogP contribution is -2.08. The zero-order valence-corrected chi connectivity index (χ0v) is 15.1. The molecule has 7 heteroatoms. The number of aromatic nitrogens is 4. The number of rotatable bonds is 3. The zero-order valence-electron chi connectivity index (χ0n) is 15.1. The summed E-state index contributed by atoms with van der Waals surface area (Å²) in [7, 11) is 0. The van der Waals surface area contributed by atoms with E-state index in [-0.39, 0.29) is 11.3 Å². The first-order valence-electron chi connectivity index (χ1n) is 9.44. The highest BCUT2D eigenvalue weighted by Crippen LogP contribution is 2.35. The van der Waals surface area contributed by atoms with Gasteiger partial charge in [-0.05, 0) is 43.2 Å². The van der Waals surface area contributed by atoms with Crippen LogP contribution in [0, 0.1) is 11.6 Å². The maximum atomic E-state index is 14.3. The Kier molecular flexibility index (Phi) is 4.15. The largest absolute Gasteiger partial charge is 0.443 e. The Bertz CT molecular complexity index is 1140.